The van der Waals surface area contributed by atoms with Gasteiger partial charge in [-0.05, 0) is 49.3 Å². The fourth-order valence-corrected chi connectivity index (χ4v) is 4.74. The van der Waals surface area contributed by atoms with Crippen LogP contribution in [0.5, 0.6) is 0 Å². The van der Waals surface area contributed by atoms with Gasteiger partial charge in [0.15, 0.2) is 0 Å². The summed E-state index contributed by atoms with van der Waals surface area (Å²) in [7, 11) is -3.86. The highest BCUT2D eigenvalue weighted by atomic mass is 32.2. The van der Waals surface area contributed by atoms with Crippen LogP contribution in [0.3, 0.4) is 0 Å². The van der Waals surface area contributed by atoms with E-state index in [0.717, 1.165) is 19.3 Å². The second-order valence-corrected chi connectivity index (χ2v) is 8.89. The Labute approximate surface area is 154 Å². The molecule has 2 amide bonds. The molecule has 1 aromatic carbocycles. The van der Waals surface area contributed by atoms with Crippen LogP contribution in [-0.2, 0) is 14.8 Å². The van der Waals surface area contributed by atoms with E-state index >= 15 is 0 Å². The molecule has 7 nitrogen and oxygen atoms in total. The van der Waals surface area contributed by atoms with Crippen LogP contribution in [0.15, 0.2) is 29.2 Å². The first-order valence-corrected chi connectivity index (χ1v) is 10.5. The van der Waals surface area contributed by atoms with Gasteiger partial charge in [0.05, 0.1) is 4.90 Å². The van der Waals surface area contributed by atoms with E-state index in [2.05, 4.69) is 22.3 Å². The molecule has 1 heterocycles. The second-order valence-electron chi connectivity index (χ2n) is 7.17. The topological polar surface area (TPSA) is 104 Å². The summed E-state index contributed by atoms with van der Waals surface area (Å²) in [6.07, 6.45) is 4.86. The maximum absolute atomic E-state index is 12.5. The Hall–Kier alpha value is -1.93. The van der Waals surface area contributed by atoms with Gasteiger partial charge in [-0.25, -0.2) is 8.42 Å². The molecule has 3 rings (SSSR count). The van der Waals surface area contributed by atoms with E-state index in [1.807, 2.05) is 0 Å². The van der Waals surface area contributed by atoms with Crippen LogP contribution in [-0.4, -0.2) is 39.4 Å². The van der Waals surface area contributed by atoms with Crippen LogP contribution < -0.4 is 15.4 Å². The van der Waals surface area contributed by atoms with E-state index in [4.69, 9.17) is 0 Å². The zero-order chi connectivity index (χ0) is 18.8. The number of benzene rings is 1. The van der Waals surface area contributed by atoms with Gasteiger partial charge in [-0.2, -0.15) is 4.72 Å². The van der Waals surface area contributed by atoms with E-state index in [9.17, 15) is 18.0 Å². The standard InChI is InChI=1S/C18H25N3O4S/c1-2-18(8-4-9-18)12-20-16(22)13-5-3-6-14(11-13)26(24,25)21-15-7-10-19-17(15)23/h3,5-6,11,15,21H,2,4,7-10,12H2,1H3,(H,19,23)(H,20,22)/t15-/m0/s1. The number of nitrogens with one attached hydrogen (secondary N) is 3. The minimum atomic E-state index is -3.86. The van der Waals surface area contributed by atoms with E-state index in [1.165, 1.54) is 24.6 Å². The maximum atomic E-state index is 12.5. The highest BCUT2D eigenvalue weighted by molar-refractivity contribution is 7.89. The summed E-state index contributed by atoms with van der Waals surface area (Å²) in [4.78, 5) is 24.0. The van der Waals surface area contributed by atoms with Gasteiger partial charge < -0.3 is 10.6 Å². The Morgan fingerprint density at radius 1 is 1.35 bits per heavy atom. The zero-order valence-corrected chi connectivity index (χ0v) is 15.7. The third-order valence-corrected chi connectivity index (χ3v) is 7.01. The number of amides is 2. The molecule has 1 saturated carbocycles. The summed E-state index contributed by atoms with van der Waals surface area (Å²) in [6.45, 7) is 3.19. The van der Waals surface area contributed by atoms with Crippen LogP contribution in [0.1, 0.15) is 49.4 Å². The van der Waals surface area contributed by atoms with Crippen molar-refractivity contribution in [2.24, 2.45) is 5.41 Å². The van der Waals surface area contributed by atoms with Crippen molar-refractivity contribution in [2.45, 2.75) is 50.0 Å². The van der Waals surface area contributed by atoms with Crippen LogP contribution >= 0.6 is 0 Å². The predicted octanol–water partition coefficient (Wildman–Crippen LogP) is 1.16. The summed E-state index contributed by atoms with van der Waals surface area (Å²) in [5.41, 5.74) is 0.492. The van der Waals surface area contributed by atoms with E-state index in [0.29, 0.717) is 25.1 Å². The van der Waals surface area contributed by atoms with Gasteiger partial charge in [0.25, 0.3) is 5.91 Å². The number of carbonyl (C=O) groups excluding carboxylic acids is 2. The van der Waals surface area contributed by atoms with Gasteiger partial charge in [0, 0.05) is 18.7 Å². The molecule has 0 aromatic heterocycles. The zero-order valence-electron chi connectivity index (χ0n) is 14.9. The molecule has 3 N–H and O–H groups in total. The third-order valence-electron chi connectivity index (χ3n) is 5.54. The van der Waals surface area contributed by atoms with Crippen molar-refractivity contribution in [3.05, 3.63) is 29.8 Å². The summed E-state index contributed by atoms with van der Waals surface area (Å²) in [6, 6.07) is 5.14. The van der Waals surface area contributed by atoms with Crippen molar-refractivity contribution in [3.63, 3.8) is 0 Å². The number of hydrogen-bond acceptors (Lipinski definition) is 4. The SMILES string of the molecule is CCC1(CNC(=O)c2cccc(S(=O)(=O)N[C@H]3CCNC3=O)c2)CCC1. The average molecular weight is 379 g/mol. The van der Waals surface area contributed by atoms with Crippen molar-refractivity contribution in [1.82, 2.24) is 15.4 Å². The summed E-state index contributed by atoms with van der Waals surface area (Å²) >= 11 is 0. The molecule has 0 bridgehead atoms. The molecule has 0 unspecified atom stereocenters. The predicted molar refractivity (Wildman–Crippen MR) is 97.1 cm³/mol. The lowest BCUT2D eigenvalue weighted by Gasteiger charge is -2.41. The number of hydrogen-bond donors (Lipinski definition) is 3. The van der Waals surface area contributed by atoms with Gasteiger partial charge in [-0.3, -0.25) is 9.59 Å². The molecule has 142 valence electrons. The molecule has 2 fully saturated rings. The number of carbonyl (C=O) groups is 2. The van der Waals surface area contributed by atoms with Crippen LogP contribution in [0.4, 0.5) is 0 Å². The van der Waals surface area contributed by atoms with E-state index in [-0.39, 0.29) is 22.1 Å². The molecule has 1 atom stereocenters. The lowest BCUT2D eigenvalue weighted by molar-refractivity contribution is -0.120. The lowest BCUT2D eigenvalue weighted by Crippen LogP contribution is -2.42. The van der Waals surface area contributed by atoms with Gasteiger partial charge in [0.2, 0.25) is 15.9 Å². The highest BCUT2D eigenvalue weighted by Gasteiger charge is 2.35. The fraction of sp³-hybridized carbons (Fsp3) is 0.556. The van der Waals surface area contributed by atoms with Crippen molar-refractivity contribution in [1.29, 1.82) is 0 Å². The molecule has 1 saturated heterocycles. The normalized spacial score (nSPS) is 21.7. The van der Waals surface area contributed by atoms with Crippen molar-refractivity contribution >= 4 is 21.8 Å². The van der Waals surface area contributed by atoms with Gasteiger partial charge >= 0.3 is 0 Å². The van der Waals surface area contributed by atoms with Crippen molar-refractivity contribution < 1.29 is 18.0 Å². The first kappa shape index (κ1) is 18.8. The van der Waals surface area contributed by atoms with Crippen molar-refractivity contribution in [3.8, 4) is 0 Å². The molecule has 0 spiro atoms. The minimum Gasteiger partial charge on any atom is -0.355 e. The highest BCUT2D eigenvalue weighted by Crippen LogP contribution is 2.43. The Bertz CT molecular complexity index is 797. The summed E-state index contributed by atoms with van der Waals surface area (Å²) < 4.78 is 27.4. The van der Waals surface area contributed by atoms with Gasteiger partial charge in [-0.15, -0.1) is 0 Å². The third kappa shape index (κ3) is 3.91. The Kier molecular flexibility index (Phi) is 5.34. The van der Waals surface area contributed by atoms with E-state index < -0.39 is 16.1 Å². The molecule has 2 aliphatic rings. The molecular formula is C18H25N3O4S. The quantitative estimate of drug-likeness (QED) is 0.661. The molecule has 1 aromatic rings. The first-order valence-electron chi connectivity index (χ1n) is 9.04. The monoisotopic (exact) mass is 379 g/mol. The molecule has 8 heteroatoms. The molecule has 26 heavy (non-hydrogen) atoms. The molecule has 0 radical (unpaired) electrons. The fourth-order valence-electron chi connectivity index (χ4n) is 3.47. The Morgan fingerprint density at radius 2 is 2.12 bits per heavy atom. The minimum absolute atomic E-state index is 0.0151. The average Bonchev–Trinajstić information content (AvgIpc) is 2.98. The smallest absolute Gasteiger partial charge is 0.251 e. The summed E-state index contributed by atoms with van der Waals surface area (Å²) in [5.74, 6) is -0.604. The molecular weight excluding hydrogens is 354 g/mol. The molecule has 1 aliphatic carbocycles. The van der Waals surface area contributed by atoms with Crippen molar-refractivity contribution in [2.75, 3.05) is 13.1 Å². The van der Waals surface area contributed by atoms with Crippen LogP contribution in [0.25, 0.3) is 0 Å². The van der Waals surface area contributed by atoms with E-state index in [1.54, 1.807) is 6.07 Å². The number of rotatable bonds is 7. The van der Waals surface area contributed by atoms with Crippen LogP contribution in [0, 0.1) is 5.41 Å². The van der Waals surface area contributed by atoms with Gasteiger partial charge in [-0.1, -0.05) is 19.4 Å². The largest absolute Gasteiger partial charge is 0.355 e. The lowest BCUT2D eigenvalue weighted by atomic mass is 9.67. The number of sulfonamides is 1. The molecule has 1 aliphatic heterocycles. The van der Waals surface area contributed by atoms with Gasteiger partial charge in [0.1, 0.15) is 6.04 Å². The second kappa shape index (κ2) is 7.36. The first-order chi connectivity index (χ1) is 12.4. The maximum Gasteiger partial charge on any atom is 0.251 e. The Balaban J connectivity index is 1.68. The summed E-state index contributed by atoms with van der Waals surface area (Å²) in [5, 5.41) is 5.52. The Morgan fingerprint density at radius 3 is 2.69 bits per heavy atom. The van der Waals surface area contributed by atoms with Crippen LogP contribution in [0.2, 0.25) is 0 Å².